The van der Waals surface area contributed by atoms with E-state index in [1.165, 1.54) is 0 Å². The first kappa shape index (κ1) is 16.6. The molecule has 6 nitrogen and oxygen atoms in total. The number of halogens is 1. The molecule has 0 aliphatic carbocycles. The predicted octanol–water partition coefficient (Wildman–Crippen LogP) is 1.72. The second-order valence-corrected chi connectivity index (χ2v) is 5.48. The third kappa shape index (κ3) is 3.90. The van der Waals surface area contributed by atoms with Crippen molar-refractivity contribution in [2.24, 2.45) is 0 Å². The number of benzene rings is 1. The summed E-state index contributed by atoms with van der Waals surface area (Å²) < 4.78 is 0. The van der Waals surface area contributed by atoms with Crippen molar-refractivity contribution in [3.05, 3.63) is 24.3 Å². The van der Waals surface area contributed by atoms with E-state index < -0.39 is 0 Å². The van der Waals surface area contributed by atoms with Gasteiger partial charge < -0.3 is 16.0 Å². The Bertz CT molecular complexity index is 529. The molecule has 0 spiro atoms. The first-order chi connectivity index (χ1) is 10.2. The lowest BCUT2D eigenvalue weighted by molar-refractivity contribution is -0.116. The number of carbonyl (C=O) groups is 2. The molecular weight excluding hydrogens is 304 g/mol. The molecule has 3 N–H and O–H groups in total. The average Bonchev–Trinajstić information content (AvgIpc) is 3.11. The fourth-order valence-corrected chi connectivity index (χ4v) is 2.81. The second-order valence-electron chi connectivity index (χ2n) is 5.48. The van der Waals surface area contributed by atoms with Crippen molar-refractivity contribution in [1.82, 2.24) is 10.6 Å². The molecule has 0 saturated carbocycles. The largest absolute Gasteiger partial charge is 0.336 e. The van der Waals surface area contributed by atoms with E-state index in [0.29, 0.717) is 25.6 Å². The molecule has 2 fully saturated rings. The lowest BCUT2D eigenvalue weighted by atomic mass is 10.1. The maximum atomic E-state index is 11.9. The molecule has 1 aromatic carbocycles. The second kappa shape index (κ2) is 7.47. The zero-order valence-electron chi connectivity index (χ0n) is 12.3. The quantitative estimate of drug-likeness (QED) is 0.789. The number of amides is 3. The molecule has 0 bridgehead atoms. The van der Waals surface area contributed by atoms with E-state index in [-0.39, 0.29) is 24.3 Å². The number of urea groups is 1. The summed E-state index contributed by atoms with van der Waals surface area (Å²) in [6.45, 7) is 2.36. The van der Waals surface area contributed by atoms with Crippen LogP contribution in [0, 0.1) is 0 Å². The topological polar surface area (TPSA) is 73.5 Å². The van der Waals surface area contributed by atoms with Crippen LogP contribution in [0.25, 0.3) is 0 Å². The van der Waals surface area contributed by atoms with E-state index in [1.807, 2.05) is 24.3 Å². The third-order valence-electron chi connectivity index (χ3n) is 3.91. The average molecular weight is 325 g/mol. The molecule has 1 unspecified atom stereocenters. The molecule has 3 amide bonds. The Labute approximate surface area is 136 Å². The summed E-state index contributed by atoms with van der Waals surface area (Å²) in [4.78, 5) is 25.2. The molecule has 120 valence electrons. The monoisotopic (exact) mass is 324 g/mol. The van der Waals surface area contributed by atoms with Crippen molar-refractivity contribution < 1.29 is 9.59 Å². The van der Waals surface area contributed by atoms with Gasteiger partial charge in [0, 0.05) is 36.9 Å². The third-order valence-corrected chi connectivity index (χ3v) is 3.91. The summed E-state index contributed by atoms with van der Waals surface area (Å²) in [5, 5.41) is 8.98. The van der Waals surface area contributed by atoms with E-state index in [0.717, 1.165) is 30.8 Å². The number of anilines is 2. The van der Waals surface area contributed by atoms with Crippen molar-refractivity contribution in [2.45, 2.75) is 25.3 Å². The van der Waals surface area contributed by atoms with E-state index in [4.69, 9.17) is 0 Å². The van der Waals surface area contributed by atoms with Gasteiger partial charge in [-0.3, -0.25) is 9.69 Å². The zero-order valence-corrected chi connectivity index (χ0v) is 13.1. The van der Waals surface area contributed by atoms with E-state index in [2.05, 4.69) is 16.0 Å². The van der Waals surface area contributed by atoms with Gasteiger partial charge in [-0.2, -0.15) is 0 Å². The van der Waals surface area contributed by atoms with Crippen LogP contribution in [0.5, 0.6) is 0 Å². The Morgan fingerprint density at radius 2 is 2.05 bits per heavy atom. The highest BCUT2D eigenvalue weighted by Gasteiger charge is 2.21. The summed E-state index contributed by atoms with van der Waals surface area (Å²) in [5.74, 6) is 0.0288. The van der Waals surface area contributed by atoms with Gasteiger partial charge in [0.15, 0.2) is 0 Å². The Kier molecular flexibility index (Phi) is 5.63. The molecule has 0 aromatic heterocycles. The van der Waals surface area contributed by atoms with E-state index in [9.17, 15) is 9.59 Å². The van der Waals surface area contributed by atoms with E-state index >= 15 is 0 Å². The summed E-state index contributed by atoms with van der Waals surface area (Å²) in [7, 11) is 0. The molecule has 3 rings (SSSR count). The lowest BCUT2D eigenvalue weighted by Gasteiger charge is -2.15. The molecular formula is C15H21ClN4O2. The van der Waals surface area contributed by atoms with Crippen LogP contribution in [0.4, 0.5) is 16.2 Å². The molecule has 2 aliphatic heterocycles. The first-order valence-electron chi connectivity index (χ1n) is 7.41. The lowest BCUT2D eigenvalue weighted by Crippen LogP contribution is -2.28. The highest BCUT2D eigenvalue weighted by molar-refractivity contribution is 5.95. The van der Waals surface area contributed by atoms with E-state index in [1.54, 1.807) is 4.90 Å². The van der Waals surface area contributed by atoms with Crippen molar-refractivity contribution in [3.8, 4) is 0 Å². The molecule has 1 aromatic rings. The minimum Gasteiger partial charge on any atom is -0.336 e. The maximum Gasteiger partial charge on any atom is 0.321 e. The number of nitrogens with one attached hydrogen (secondary N) is 3. The number of nitrogens with zero attached hydrogens (tertiary/aromatic N) is 1. The van der Waals surface area contributed by atoms with Crippen LogP contribution < -0.4 is 20.9 Å². The van der Waals surface area contributed by atoms with Crippen LogP contribution in [0.15, 0.2) is 24.3 Å². The van der Waals surface area contributed by atoms with Gasteiger partial charge in [-0.15, -0.1) is 12.4 Å². The fraction of sp³-hybridized carbons (Fsp3) is 0.467. The van der Waals surface area contributed by atoms with Crippen LogP contribution in [0.2, 0.25) is 0 Å². The molecule has 22 heavy (non-hydrogen) atoms. The van der Waals surface area contributed by atoms with Crippen molar-refractivity contribution >= 4 is 35.7 Å². The van der Waals surface area contributed by atoms with Crippen LogP contribution in [0.3, 0.4) is 0 Å². The summed E-state index contributed by atoms with van der Waals surface area (Å²) in [6.07, 6.45) is 2.72. The first-order valence-corrected chi connectivity index (χ1v) is 7.41. The number of rotatable bonds is 4. The predicted molar refractivity (Wildman–Crippen MR) is 88.7 cm³/mol. The summed E-state index contributed by atoms with van der Waals surface area (Å²) in [6, 6.07) is 7.61. The van der Waals surface area contributed by atoms with Crippen LogP contribution in [0.1, 0.15) is 19.3 Å². The fourth-order valence-electron chi connectivity index (χ4n) is 2.81. The van der Waals surface area contributed by atoms with Gasteiger partial charge in [-0.05, 0) is 43.7 Å². The summed E-state index contributed by atoms with van der Waals surface area (Å²) in [5.41, 5.74) is 1.61. The van der Waals surface area contributed by atoms with Gasteiger partial charge in [0.25, 0.3) is 0 Å². The van der Waals surface area contributed by atoms with Gasteiger partial charge in [-0.1, -0.05) is 0 Å². The highest BCUT2D eigenvalue weighted by Crippen LogP contribution is 2.20. The standard InChI is InChI=1S/C15H20N4O2.ClH/c20-14(10-12-2-1-7-16-12)18-11-3-5-13(6-4-11)19-9-8-17-15(19)21;/h3-6,12,16H,1-2,7-10H2,(H,17,21)(H,18,20);1H. The SMILES string of the molecule is Cl.O=C(CC1CCCN1)Nc1ccc(N2CCNC2=O)cc1. The molecule has 2 saturated heterocycles. The molecule has 7 heteroatoms. The summed E-state index contributed by atoms with van der Waals surface area (Å²) >= 11 is 0. The number of hydrogen-bond acceptors (Lipinski definition) is 3. The minimum absolute atomic E-state index is 0. The Morgan fingerprint density at radius 1 is 1.27 bits per heavy atom. The van der Waals surface area contributed by atoms with Crippen molar-refractivity contribution in [3.63, 3.8) is 0 Å². The smallest absolute Gasteiger partial charge is 0.321 e. The van der Waals surface area contributed by atoms with Gasteiger partial charge in [0.1, 0.15) is 0 Å². The Balaban J connectivity index is 0.00000176. The number of hydrogen-bond donors (Lipinski definition) is 3. The number of carbonyl (C=O) groups excluding carboxylic acids is 2. The Hall–Kier alpha value is -1.79. The van der Waals surface area contributed by atoms with Gasteiger partial charge >= 0.3 is 6.03 Å². The molecule has 0 radical (unpaired) electrons. The van der Waals surface area contributed by atoms with Gasteiger partial charge in [0.2, 0.25) is 5.91 Å². The Morgan fingerprint density at radius 3 is 2.64 bits per heavy atom. The van der Waals surface area contributed by atoms with Crippen LogP contribution in [-0.4, -0.2) is 37.6 Å². The van der Waals surface area contributed by atoms with Crippen LogP contribution in [-0.2, 0) is 4.79 Å². The normalized spacial score (nSPS) is 20.5. The molecule has 1 atom stereocenters. The minimum atomic E-state index is -0.0703. The van der Waals surface area contributed by atoms with Gasteiger partial charge in [0.05, 0.1) is 0 Å². The molecule has 2 heterocycles. The van der Waals surface area contributed by atoms with Crippen molar-refractivity contribution in [1.29, 1.82) is 0 Å². The van der Waals surface area contributed by atoms with Crippen molar-refractivity contribution in [2.75, 3.05) is 29.9 Å². The van der Waals surface area contributed by atoms with Crippen LogP contribution >= 0.6 is 12.4 Å². The zero-order chi connectivity index (χ0) is 14.7. The molecule has 2 aliphatic rings. The van der Waals surface area contributed by atoms with Gasteiger partial charge in [-0.25, -0.2) is 4.79 Å². The maximum absolute atomic E-state index is 11.9. The highest BCUT2D eigenvalue weighted by atomic mass is 35.5.